The van der Waals surface area contributed by atoms with E-state index in [-0.39, 0.29) is 11.7 Å². The molecule has 1 rings (SSSR count). The van der Waals surface area contributed by atoms with Gasteiger partial charge in [-0.25, -0.2) is 4.39 Å². The molecule has 0 aliphatic carbocycles. The van der Waals surface area contributed by atoms with Crippen molar-refractivity contribution in [2.45, 2.75) is 26.3 Å². The highest BCUT2D eigenvalue weighted by Gasteiger charge is 2.12. The summed E-state index contributed by atoms with van der Waals surface area (Å²) in [5, 5.41) is 5.58. The van der Waals surface area contributed by atoms with Gasteiger partial charge < -0.3 is 10.6 Å². The van der Waals surface area contributed by atoms with Crippen LogP contribution in [0.5, 0.6) is 0 Å². The Bertz CT molecular complexity index is 355. The third kappa shape index (κ3) is 3.53. The van der Waals surface area contributed by atoms with Crippen LogP contribution in [-0.4, -0.2) is 18.5 Å². The molecule has 0 bridgehead atoms. The predicted octanol–water partition coefficient (Wildman–Crippen LogP) is 2.15. The van der Waals surface area contributed by atoms with Crippen molar-refractivity contribution in [1.82, 2.24) is 5.32 Å². The molecular weight excluding hydrogens is 207 g/mol. The first-order valence-corrected chi connectivity index (χ1v) is 5.44. The number of rotatable bonds is 5. The molecule has 0 aliphatic rings. The molecule has 0 saturated carbocycles. The zero-order valence-electron chi connectivity index (χ0n) is 9.59. The lowest BCUT2D eigenvalue weighted by Crippen LogP contribution is -2.38. The molecule has 4 heteroatoms. The fourth-order valence-electron chi connectivity index (χ4n) is 1.28. The quantitative estimate of drug-likeness (QED) is 0.804. The number of hydrogen-bond donors (Lipinski definition) is 2. The maximum absolute atomic E-state index is 13.3. The van der Waals surface area contributed by atoms with Crippen LogP contribution >= 0.6 is 0 Å². The van der Waals surface area contributed by atoms with E-state index in [1.54, 1.807) is 25.1 Å². The van der Waals surface area contributed by atoms with Gasteiger partial charge in [0.25, 0.3) is 0 Å². The van der Waals surface area contributed by atoms with E-state index in [1.807, 2.05) is 6.92 Å². The van der Waals surface area contributed by atoms with Gasteiger partial charge in [-0.3, -0.25) is 4.79 Å². The zero-order valence-corrected chi connectivity index (χ0v) is 9.59. The van der Waals surface area contributed by atoms with Crippen molar-refractivity contribution in [3.63, 3.8) is 0 Å². The average Bonchev–Trinajstić information content (AvgIpc) is 2.28. The largest absolute Gasteiger partial charge is 0.372 e. The van der Waals surface area contributed by atoms with Crippen molar-refractivity contribution in [2.24, 2.45) is 0 Å². The van der Waals surface area contributed by atoms with Crippen LogP contribution in [0.1, 0.15) is 20.3 Å². The topological polar surface area (TPSA) is 41.1 Å². The van der Waals surface area contributed by atoms with E-state index in [9.17, 15) is 9.18 Å². The fourth-order valence-corrected chi connectivity index (χ4v) is 1.28. The Labute approximate surface area is 95.0 Å². The lowest BCUT2D eigenvalue weighted by molar-refractivity contribution is -0.121. The van der Waals surface area contributed by atoms with E-state index in [0.29, 0.717) is 12.2 Å². The van der Waals surface area contributed by atoms with Gasteiger partial charge in [0.05, 0.1) is 5.69 Å². The molecule has 0 fully saturated rings. The first kappa shape index (κ1) is 12.5. The van der Waals surface area contributed by atoms with Crippen molar-refractivity contribution >= 4 is 11.6 Å². The Morgan fingerprint density at radius 3 is 2.75 bits per heavy atom. The second-order valence-corrected chi connectivity index (χ2v) is 3.64. The summed E-state index contributed by atoms with van der Waals surface area (Å²) < 4.78 is 13.3. The van der Waals surface area contributed by atoms with Gasteiger partial charge in [0.1, 0.15) is 11.9 Å². The van der Waals surface area contributed by atoms with Crippen LogP contribution in [0.3, 0.4) is 0 Å². The molecule has 88 valence electrons. The number of anilines is 1. The first-order chi connectivity index (χ1) is 7.65. The van der Waals surface area contributed by atoms with Gasteiger partial charge in [-0.05, 0) is 25.5 Å². The van der Waals surface area contributed by atoms with Gasteiger partial charge in [0.2, 0.25) is 5.91 Å². The summed E-state index contributed by atoms with van der Waals surface area (Å²) in [5.41, 5.74) is 0.349. The Hall–Kier alpha value is -1.58. The predicted molar refractivity (Wildman–Crippen MR) is 62.8 cm³/mol. The van der Waals surface area contributed by atoms with E-state index >= 15 is 0 Å². The second kappa shape index (κ2) is 6.10. The third-order valence-electron chi connectivity index (χ3n) is 2.19. The number of carbonyl (C=O) groups excluding carboxylic acids is 1. The summed E-state index contributed by atoms with van der Waals surface area (Å²) in [6, 6.07) is 5.87. The Balaban J connectivity index is 2.54. The standard InChI is InChI=1S/C12H17FN2O/c1-3-8-14-12(16)9(2)15-11-7-5-4-6-10(11)13/h4-7,9,15H,3,8H2,1-2H3,(H,14,16). The van der Waals surface area contributed by atoms with E-state index in [4.69, 9.17) is 0 Å². The molecule has 0 spiro atoms. The number of nitrogens with one attached hydrogen (secondary N) is 2. The van der Waals surface area contributed by atoms with E-state index in [2.05, 4.69) is 10.6 Å². The summed E-state index contributed by atoms with van der Waals surface area (Å²) in [6.45, 7) is 4.33. The normalized spacial score (nSPS) is 11.9. The summed E-state index contributed by atoms with van der Waals surface area (Å²) in [4.78, 5) is 11.5. The van der Waals surface area contributed by atoms with Gasteiger partial charge in [0, 0.05) is 6.54 Å². The molecule has 2 N–H and O–H groups in total. The number of hydrogen-bond acceptors (Lipinski definition) is 2. The van der Waals surface area contributed by atoms with Crippen LogP contribution < -0.4 is 10.6 Å². The van der Waals surface area contributed by atoms with E-state index in [1.165, 1.54) is 6.07 Å². The Morgan fingerprint density at radius 2 is 2.12 bits per heavy atom. The number of benzene rings is 1. The van der Waals surface area contributed by atoms with Crippen molar-refractivity contribution in [2.75, 3.05) is 11.9 Å². The van der Waals surface area contributed by atoms with E-state index in [0.717, 1.165) is 6.42 Å². The molecular formula is C12H17FN2O. The average molecular weight is 224 g/mol. The molecule has 16 heavy (non-hydrogen) atoms. The number of halogens is 1. The first-order valence-electron chi connectivity index (χ1n) is 5.44. The molecule has 3 nitrogen and oxygen atoms in total. The molecule has 0 radical (unpaired) electrons. The van der Waals surface area contributed by atoms with Gasteiger partial charge in [-0.1, -0.05) is 19.1 Å². The minimum absolute atomic E-state index is 0.120. The second-order valence-electron chi connectivity index (χ2n) is 3.64. The van der Waals surface area contributed by atoms with E-state index < -0.39 is 6.04 Å². The maximum Gasteiger partial charge on any atom is 0.242 e. The molecule has 1 amide bonds. The van der Waals surface area contributed by atoms with Crippen LogP contribution in [0.15, 0.2) is 24.3 Å². The summed E-state index contributed by atoms with van der Waals surface area (Å²) in [7, 11) is 0. The van der Waals surface area contributed by atoms with Crippen LogP contribution in [-0.2, 0) is 4.79 Å². The number of carbonyl (C=O) groups is 1. The highest BCUT2D eigenvalue weighted by atomic mass is 19.1. The lowest BCUT2D eigenvalue weighted by Gasteiger charge is -2.15. The molecule has 1 unspecified atom stereocenters. The van der Waals surface area contributed by atoms with Crippen molar-refractivity contribution in [3.8, 4) is 0 Å². The van der Waals surface area contributed by atoms with Gasteiger partial charge >= 0.3 is 0 Å². The van der Waals surface area contributed by atoms with Gasteiger partial charge in [-0.15, -0.1) is 0 Å². The molecule has 0 aromatic heterocycles. The maximum atomic E-state index is 13.3. The van der Waals surface area contributed by atoms with Gasteiger partial charge in [-0.2, -0.15) is 0 Å². The monoisotopic (exact) mass is 224 g/mol. The highest BCUT2D eigenvalue weighted by molar-refractivity contribution is 5.84. The number of para-hydroxylation sites is 1. The van der Waals surface area contributed by atoms with Crippen molar-refractivity contribution < 1.29 is 9.18 Å². The smallest absolute Gasteiger partial charge is 0.242 e. The van der Waals surface area contributed by atoms with Crippen LogP contribution in [0.25, 0.3) is 0 Å². The SMILES string of the molecule is CCCNC(=O)C(C)Nc1ccccc1F. The van der Waals surface area contributed by atoms with Gasteiger partial charge in [0.15, 0.2) is 0 Å². The highest BCUT2D eigenvalue weighted by Crippen LogP contribution is 2.13. The van der Waals surface area contributed by atoms with Crippen molar-refractivity contribution in [1.29, 1.82) is 0 Å². The minimum atomic E-state index is -0.441. The zero-order chi connectivity index (χ0) is 12.0. The summed E-state index contributed by atoms with van der Waals surface area (Å²) in [6.07, 6.45) is 0.887. The Kier molecular flexibility index (Phi) is 4.76. The minimum Gasteiger partial charge on any atom is -0.372 e. The molecule has 0 saturated heterocycles. The third-order valence-corrected chi connectivity index (χ3v) is 2.19. The van der Waals surface area contributed by atoms with Crippen LogP contribution in [0.4, 0.5) is 10.1 Å². The molecule has 1 atom stereocenters. The molecule has 0 heterocycles. The Morgan fingerprint density at radius 1 is 1.44 bits per heavy atom. The molecule has 1 aromatic rings. The van der Waals surface area contributed by atoms with Crippen molar-refractivity contribution in [3.05, 3.63) is 30.1 Å². The lowest BCUT2D eigenvalue weighted by atomic mass is 10.2. The number of amides is 1. The summed E-state index contributed by atoms with van der Waals surface area (Å²) >= 11 is 0. The molecule has 0 aliphatic heterocycles. The van der Waals surface area contributed by atoms with Crippen LogP contribution in [0, 0.1) is 5.82 Å². The van der Waals surface area contributed by atoms with Crippen LogP contribution in [0.2, 0.25) is 0 Å². The molecule has 1 aromatic carbocycles. The summed E-state index contributed by atoms with van der Waals surface area (Å²) in [5.74, 6) is -0.470. The fraction of sp³-hybridized carbons (Fsp3) is 0.417.